The number of rotatable bonds is 2. The number of aliphatic hydroxyl groups is 1. The smallest absolute Gasteiger partial charge is 0.129 e. The van der Waals surface area contributed by atoms with Crippen LogP contribution < -0.4 is 0 Å². The molecule has 0 amide bonds. The Labute approximate surface area is 84.6 Å². The van der Waals surface area contributed by atoms with Crippen LogP contribution >= 0.6 is 0 Å². The molecule has 1 atom stereocenters. The summed E-state index contributed by atoms with van der Waals surface area (Å²) in [5, 5.41) is 9.81. The van der Waals surface area contributed by atoms with Gasteiger partial charge in [-0.3, -0.25) is 0 Å². The van der Waals surface area contributed by atoms with Crippen molar-refractivity contribution in [3.8, 4) is 0 Å². The minimum atomic E-state index is -0.712. The first-order chi connectivity index (χ1) is 6.43. The molecule has 0 radical (unpaired) electrons. The highest BCUT2D eigenvalue weighted by Crippen LogP contribution is 2.27. The predicted octanol–water partition coefficient (Wildman–Crippen LogP) is 3.13. The lowest BCUT2D eigenvalue weighted by Crippen LogP contribution is -2.10. The maximum absolute atomic E-state index is 13.6. The summed E-state index contributed by atoms with van der Waals surface area (Å²) < 4.78 is 13.6. The molecule has 1 aromatic rings. The Morgan fingerprint density at radius 2 is 1.79 bits per heavy atom. The highest BCUT2D eigenvalue weighted by Gasteiger charge is 2.18. The van der Waals surface area contributed by atoms with Crippen molar-refractivity contribution in [1.82, 2.24) is 0 Å². The molecule has 0 aromatic heterocycles. The Kier molecular flexibility index (Phi) is 3.27. The number of halogens is 1. The molecule has 0 fully saturated rings. The molecule has 1 nitrogen and oxygen atoms in total. The Morgan fingerprint density at radius 1 is 1.21 bits per heavy atom. The fourth-order valence-corrected chi connectivity index (χ4v) is 1.63. The SMILES string of the molecule is Cc1cc(C)c(C(O)C(C)C)c(F)c1. The molecule has 0 heterocycles. The molecule has 1 N–H and O–H groups in total. The zero-order chi connectivity index (χ0) is 10.9. The summed E-state index contributed by atoms with van der Waals surface area (Å²) in [7, 11) is 0. The van der Waals surface area contributed by atoms with E-state index in [2.05, 4.69) is 0 Å². The van der Waals surface area contributed by atoms with E-state index < -0.39 is 6.10 Å². The summed E-state index contributed by atoms with van der Waals surface area (Å²) >= 11 is 0. The van der Waals surface area contributed by atoms with E-state index in [1.165, 1.54) is 6.07 Å². The van der Waals surface area contributed by atoms with Crippen LogP contribution in [0.25, 0.3) is 0 Å². The van der Waals surface area contributed by atoms with Crippen LogP contribution in [0.4, 0.5) is 4.39 Å². The summed E-state index contributed by atoms with van der Waals surface area (Å²) in [6, 6.07) is 3.36. The average Bonchev–Trinajstić information content (AvgIpc) is 2.01. The van der Waals surface area contributed by atoms with Crippen LogP contribution in [0.2, 0.25) is 0 Å². The first kappa shape index (κ1) is 11.2. The van der Waals surface area contributed by atoms with Gasteiger partial charge in [0.1, 0.15) is 5.82 Å². The van der Waals surface area contributed by atoms with Crippen LogP contribution in [0, 0.1) is 25.6 Å². The molecule has 0 bridgehead atoms. The van der Waals surface area contributed by atoms with Gasteiger partial charge in [-0.1, -0.05) is 19.9 Å². The lowest BCUT2D eigenvalue weighted by Gasteiger charge is -2.18. The van der Waals surface area contributed by atoms with Gasteiger partial charge >= 0.3 is 0 Å². The van der Waals surface area contributed by atoms with Gasteiger partial charge in [0.15, 0.2) is 0 Å². The third kappa shape index (κ3) is 2.13. The Bertz CT molecular complexity index is 308. The van der Waals surface area contributed by atoms with E-state index in [-0.39, 0.29) is 11.7 Å². The van der Waals surface area contributed by atoms with Crippen LogP contribution in [0.1, 0.15) is 36.6 Å². The minimum absolute atomic E-state index is 0.0332. The molecule has 1 rings (SSSR count). The molecule has 0 aliphatic rings. The number of hydrogen-bond donors (Lipinski definition) is 1. The fraction of sp³-hybridized carbons (Fsp3) is 0.500. The average molecular weight is 196 g/mol. The highest BCUT2D eigenvalue weighted by molar-refractivity contribution is 5.33. The Hall–Kier alpha value is -0.890. The molecule has 0 aliphatic carbocycles. The van der Waals surface area contributed by atoms with Gasteiger partial charge in [-0.25, -0.2) is 4.39 Å². The topological polar surface area (TPSA) is 20.2 Å². The van der Waals surface area contributed by atoms with Gasteiger partial charge < -0.3 is 5.11 Å². The second-order valence-corrected chi connectivity index (χ2v) is 4.17. The second-order valence-electron chi connectivity index (χ2n) is 4.17. The summed E-state index contributed by atoms with van der Waals surface area (Å²) in [5.74, 6) is -0.269. The molecular formula is C12H17FO. The lowest BCUT2D eigenvalue weighted by atomic mass is 9.94. The van der Waals surface area contributed by atoms with Gasteiger partial charge in [0, 0.05) is 5.56 Å². The van der Waals surface area contributed by atoms with E-state index in [1.807, 2.05) is 33.8 Å². The molecule has 0 saturated heterocycles. The van der Waals surface area contributed by atoms with Crippen molar-refractivity contribution in [2.75, 3.05) is 0 Å². The molecule has 0 spiro atoms. The van der Waals surface area contributed by atoms with E-state index in [0.29, 0.717) is 5.56 Å². The second kappa shape index (κ2) is 4.09. The summed E-state index contributed by atoms with van der Waals surface area (Å²) in [4.78, 5) is 0. The molecule has 0 aliphatic heterocycles. The van der Waals surface area contributed by atoms with Crippen molar-refractivity contribution < 1.29 is 9.50 Å². The first-order valence-corrected chi connectivity index (χ1v) is 4.88. The fourth-order valence-electron chi connectivity index (χ4n) is 1.63. The third-order valence-electron chi connectivity index (χ3n) is 2.41. The monoisotopic (exact) mass is 196 g/mol. The summed E-state index contributed by atoms with van der Waals surface area (Å²) in [6.07, 6.45) is -0.712. The molecule has 2 heteroatoms. The molecular weight excluding hydrogens is 179 g/mol. The quantitative estimate of drug-likeness (QED) is 0.770. The van der Waals surface area contributed by atoms with Crippen LogP contribution in [0.5, 0.6) is 0 Å². The van der Waals surface area contributed by atoms with E-state index in [4.69, 9.17) is 0 Å². The largest absolute Gasteiger partial charge is 0.388 e. The van der Waals surface area contributed by atoms with Crippen molar-refractivity contribution in [2.24, 2.45) is 5.92 Å². The zero-order valence-electron chi connectivity index (χ0n) is 9.13. The van der Waals surface area contributed by atoms with Crippen LogP contribution in [0.15, 0.2) is 12.1 Å². The van der Waals surface area contributed by atoms with E-state index in [1.54, 1.807) is 0 Å². The maximum atomic E-state index is 13.6. The predicted molar refractivity (Wildman–Crippen MR) is 55.7 cm³/mol. The Balaban J connectivity index is 3.20. The van der Waals surface area contributed by atoms with Crippen molar-refractivity contribution in [1.29, 1.82) is 0 Å². The van der Waals surface area contributed by atoms with Crippen LogP contribution in [-0.2, 0) is 0 Å². The molecule has 1 unspecified atom stereocenters. The zero-order valence-corrected chi connectivity index (χ0v) is 9.13. The minimum Gasteiger partial charge on any atom is -0.388 e. The van der Waals surface area contributed by atoms with Gasteiger partial charge in [-0.15, -0.1) is 0 Å². The van der Waals surface area contributed by atoms with Crippen molar-refractivity contribution in [3.05, 3.63) is 34.6 Å². The van der Waals surface area contributed by atoms with Crippen molar-refractivity contribution in [2.45, 2.75) is 33.8 Å². The number of benzene rings is 1. The molecule has 78 valence electrons. The number of hydrogen-bond acceptors (Lipinski definition) is 1. The van der Waals surface area contributed by atoms with Gasteiger partial charge in [0.25, 0.3) is 0 Å². The lowest BCUT2D eigenvalue weighted by molar-refractivity contribution is 0.122. The maximum Gasteiger partial charge on any atom is 0.129 e. The van der Waals surface area contributed by atoms with Gasteiger partial charge in [0.05, 0.1) is 6.10 Å². The summed E-state index contributed by atoms with van der Waals surface area (Å²) in [5.41, 5.74) is 2.15. The van der Waals surface area contributed by atoms with Gasteiger partial charge in [-0.05, 0) is 37.0 Å². The Morgan fingerprint density at radius 3 is 2.21 bits per heavy atom. The standard InChI is InChI=1S/C12H17FO/c1-7(2)12(14)11-9(4)5-8(3)6-10(11)13/h5-7,12,14H,1-4H3. The van der Waals surface area contributed by atoms with Gasteiger partial charge in [0.2, 0.25) is 0 Å². The number of aliphatic hydroxyl groups excluding tert-OH is 1. The summed E-state index contributed by atoms with van der Waals surface area (Å²) in [6.45, 7) is 7.44. The first-order valence-electron chi connectivity index (χ1n) is 4.88. The molecule has 0 saturated carbocycles. The van der Waals surface area contributed by atoms with E-state index >= 15 is 0 Å². The van der Waals surface area contributed by atoms with Crippen LogP contribution in [0.3, 0.4) is 0 Å². The normalized spacial score (nSPS) is 13.4. The molecule has 1 aromatic carbocycles. The highest BCUT2D eigenvalue weighted by atomic mass is 19.1. The third-order valence-corrected chi connectivity index (χ3v) is 2.41. The van der Waals surface area contributed by atoms with E-state index in [9.17, 15) is 9.50 Å². The number of aryl methyl sites for hydroxylation is 2. The van der Waals surface area contributed by atoms with Gasteiger partial charge in [-0.2, -0.15) is 0 Å². The van der Waals surface area contributed by atoms with E-state index in [0.717, 1.165) is 11.1 Å². The van der Waals surface area contributed by atoms with Crippen molar-refractivity contribution >= 4 is 0 Å². The van der Waals surface area contributed by atoms with Crippen molar-refractivity contribution in [3.63, 3.8) is 0 Å². The molecule has 14 heavy (non-hydrogen) atoms. The van der Waals surface area contributed by atoms with Crippen LogP contribution in [-0.4, -0.2) is 5.11 Å².